The number of carbonyl (C=O) groups excluding carboxylic acids is 2. The van der Waals surface area contributed by atoms with Crippen molar-refractivity contribution in [3.05, 3.63) is 15.6 Å². The van der Waals surface area contributed by atoms with Crippen LogP contribution >= 0.6 is 11.3 Å². The molecule has 1 aromatic heterocycles. The Balaban J connectivity index is 1.30. The van der Waals surface area contributed by atoms with Crippen LogP contribution in [-0.4, -0.2) is 29.9 Å². The maximum Gasteiger partial charge on any atom is 0.239 e. The Bertz CT molecular complexity index is 570. The van der Waals surface area contributed by atoms with Crippen LogP contribution < -0.4 is 10.6 Å². The van der Waals surface area contributed by atoms with Gasteiger partial charge in [0, 0.05) is 24.3 Å². The maximum absolute atomic E-state index is 11.9. The van der Waals surface area contributed by atoms with Crippen molar-refractivity contribution in [1.29, 1.82) is 0 Å². The van der Waals surface area contributed by atoms with Crippen LogP contribution in [0.3, 0.4) is 0 Å². The van der Waals surface area contributed by atoms with Gasteiger partial charge in [0.05, 0.1) is 17.2 Å². The van der Waals surface area contributed by atoms with Crippen molar-refractivity contribution >= 4 is 23.2 Å². The van der Waals surface area contributed by atoms with E-state index in [1.54, 1.807) is 11.3 Å². The van der Waals surface area contributed by atoms with Gasteiger partial charge in [0.25, 0.3) is 0 Å². The molecule has 6 heteroatoms. The first kappa shape index (κ1) is 18.4. The molecule has 5 nitrogen and oxygen atoms in total. The number of fused-ring (bicyclic) bond motifs is 1. The molecule has 3 rings (SSSR count). The highest BCUT2D eigenvalue weighted by Crippen LogP contribution is 2.27. The fourth-order valence-electron chi connectivity index (χ4n) is 3.79. The number of hydrogen-bond donors (Lipinski definition) is 2. The van der Waals surface area contributed by atoms with E-state index in [9.17, 15) is 9.59 Å². The molecule has 2 amide bonds. The molecule has 1 heterocycles. The fourth-order valence-corrected chi connectivity index (χ4v) is 4.94. The summed E-state index contributed by atoms with van der Waals surface area (Å²) in [6, 6.07) is 0. The summed E-state index contributed by atoms with van der Waals surface area (Å²) in [6.45, 7) is 0.670. The lowest BCUT2D eigenvalue weighted by Gasteiger charge is -2.20. The molecule has 0 unspecified atom stereocenters. The van der Waals surface area contributed by atoms with E-state index >= 15 is 0 Å². The van der Waals surface area contributed by atoms with Gasteiger partial charge in [-0.2, -0.15) is 0 Å². The number of aryl methyl sites for hydroxylation is 2. The molecule has 138 valence electrons. The standard InChI is InChI=1S/C19H29N3O2S/c23-17(12-14-6-2-1-3-7-14)21-13-18(24)20-11-10-19-22-15-8-4-5-9-16(15)25-19/h14H,1-13H2,(H,20,24)(H,21,23). The largest absolute Gasteiger partial charge is 0.354 e. The van der Waals surface area contributed by atoms with Gasteiger partial charge in [-0.05, 0) is 44.4 Å². The molecule has 0 aliphatic heterocycles. The van der Waals surface area contributed by atoms with Gasteiger partial charge < -0.3 is 10.6 Å². The Morgan fingerprint density at radius 2 is 1.80 bits per heavy atom. The van der Waals surface area contributed by atoms with Gasteiger partial charge in [0.2, 0.25) is 11.8 Å². The third-order valence-corrected chi connectivity index (χ3v) is 6.41. The highest BCUT2D eigenvalue weighted by atomic mass is 32.1. The molecule has 1 saturated carbocycles. The number of thiazole rings is 1. The minimum Gasteiger partial charge on any atom is -0.354 e. The second-order valence-corrected chi connectivity index (χ2v) is 8.44. The lowest BCUT2D eigenvalue weighted by atomic mass is 9.87. The van der Waals surface area contributed by atoms with Gasteiger partial charge in [0.15, 0.2) is 0 Å². The molecule has 2 N–H and O–H groups in total. The van der Waals surface area contributed by atoms with Crippen molar-refractivity contribution in [3.8, 4) is 0 Å². The molecule has 0 saturated heterocycles. The third kappa shape index (κ3) is 5.80. The molecule has 0 atom stereocenters. The average molecular weight is 364 g/mol. The number of amides is 2. The molecule has 0 spiro atoms. The minimum atomic E-state index is -0.113. The molecule has 1 fully saturated rings. The zero-order valence-corrected chi connectivity index (χ0v) is 15.8. The highest BCUT2D eigenvalue weighted by molar-refractivity contribution is 7.11. The smallest absolute Gasteiger partial charge is 0.239 e. The normalized spacial score (nSPS) is 17.8. The fraction of sp³-hybridized carbons (Fsp3) is 0.737. The van der Waals surface area contributed by atoms with Crippen LogP contribution in [-0.2, 0) is 28.9 Å². The number of aromatic nitrogens is 1. The summed E-state index contributed by atoms with van der Waals surface area (Å²) in [4.78, 5) is 29.9. The van der Waals surface area contributed by atoms with Crippen molar-refractivity contribution in [1.82, 2.24) is 15.6 Å². The zero-order valence-electron chi connectivity index (χ0n) is 14.9. The quantitative estimate of drug-likeness (QED) is 0.782. The van der Waals surface area contributed by atoms with Gasteiger partial charge in [-0.25, -0.2) is 4.98 Å². The first-order valence-corrected chi connectivity index (χ1v) is 10.5. The van der Waals surface area contributed by atoms with E-state index < -0.39 is 0 Å². The van der Waals surface area contributed by atoms with Gasteiger partial charge in [0.1, 0.15) is 0 Å². The number of nitrogens with zero attached hydrogens (tertiary/aromatic N) is 1. The maximum atomic E-state index is 11.9. The molecular weight excluding hydrogens is 334 g/mol. The zero-order chi connectivity index (χ0) is 17.5. The van der Waals surface area contributed by atoms with E-state index in [2.05, 4.69) is 15.6 Å². The molecule has 0 aromatic carbocycles. The Kier molecular flexibility index (Phi) is 6.84. The number of carbonyl (C=O) groups is 2. The third-order valence-electron chi connectivity index (χ3n) is 5.20. The van der Waals surface area contributed by atoms with Gasteiger partial charge in [-0.15, -0.1) is 11.3 Å². The van der Waals surface area contributed by atoms with Crippen LogP contribution in [0, 0.1) is 5.92 Å². The molecule has 1 aromatic rings. The van der Waals surface area contributed by atoms with E-state index in [-0.39, 0.29) is 18.4 Å². The van der Waals surface area contributed by atoms with Gasteiger partial charge in [-0.1, -0.05) is 19.3 Å². The van der Waals surface area contributed by atoms with Crippen LogP contribution in [0.5, 0.6) is 0 Å². The molecule has 25 heavy (non-hydrogen) atoms. The summed E-state index contributed by atoms with van der Waals surface area (Å²) in [5.74, 6) is 0.403. The van der Waals surface area contributed by atoms with Crippen molar-refractivity contribution in [3.63, 3.8) is 0 Å². The first-order chi connectivity index (χ1) is 12.2. The molecular formula is C19H29N3O2S. The van der Waals surface area contributed by atoms with Gasteiger partial charge in [-0.3, -0.25) is 9.59 Å². The minimum absolute atomic E-state index is 0.00893. The Labute approximate surface area is 154 Å². The summed E-state index contributed by atoms with van der Waals surface area (Å²) in [5, 5.41) is 6.76. The van der Waals surface area contributed by atoms with Crippen molar-refractivity contribution in [2.45, 2.75) is 70.6 Å². The van der Waals surface area contributed by atoms with E-state index in [1.165, 1.54) is 42.7 Å². The molecule has 2 aliphatic rings. The lowest BCUT2D eigenvalue weighted by Crippen LogP contribution is -2.38. The van der Waals surface area contributed by atoms with E-state index in [0.717, 1.165) is 37.1 Å². The number of nitrogens with one attached hydrogen (secondary N) is 2. The van der Waals surface area contributed by atoms with Crippen LogP contribution in [0.25, 0.3) is 0 Å². The predicted octanol–water partition coefficient (Wildman–Crippen LogP) is 2.77. The van der Waals surface area contributed by atoms with Crippen molar-refractivity contribution < 1.29 is 9.59 Å². The second-order valence-electron chi connectivity index (χ2n) is 7.27. The van der Waals surface area contributed by atoms with Crippen LogP contribution in [0.1, 0.15) is 66.9 Å². The molecule has 2 aliphatic carbocycles. The van der Waals surface area contributed by atoms with Crippen molar-refractivity contribution in [2.75, 3.05) is 13.1 Å². The summed E-state index contributed by atoms with van der Waals surface area (Å²) in [6.07, 6.45) is 12.2. The summed E-state index contributed by atoms with van der Waals surface area (Å²) < 4.78 is 0. The first-order valence-electron chi connectivity index (χ1n) is 9.71. The average Bonchev–Trinajstić information content (AvgIpc) is 3.03. The molecule has 0 radical (unpaired) electrons. The molecule has 0 bridgehead atoms. The summed E-state index contributed by atoms with van der Waals surface area (Å²) in [5.41, 5.74) is 1.27. The summed E-state index contributed by atoms with van der Waals surface area (Å²) >= 11 is 1.79. The van der Waals surface area contributed by atoms with Gasteiger partial charge >= 0.3 is 0 Å². The van der Waals surface area contributed by atoms with Crippen LogP contribution in [0.15, 0.2) is 0 Å². The summed E-state index contributed by atoms with van der Waals surface area (Å²) in [7, 11) is 0. The Hall–Kier alpha value is -1.43. The van der Waals surface area contributed by atoms with Crippen molar-refractivity contribution in [2.24, 2.45) is 5.92 Å². The lowest BCUT2D eigenvalue weighted by molar-refractivity contribution is -0.126. The number of rotatable bonds is 7. The van der Waals surface area contributed by atoms with E-state index in [0.29, 0.717) is 18.9 Å². The Morgan fingerprint density at radius 1 is 1.00 bits per heavy atom. The Morgan fingerprint density at radius 3 is 2.60 bits per heavy atom. The predicted molar refractivity (Wildman–Crippen MR) is 99.7 cm³/mol. The SMILES string of the molecule is O=C(CNC(=O)CC1CCCCC1)NCCc1nc2c(s1)CCCC2. The van der Waals surface area contributed by atoms with Crippen LogP contribution in [0.4, 0.5) is 0 Å². The number of hydrogen-bond acceptors (Lipinski definition) is 4. The van der Waals surface area contributed by atoms with E-state index in [4.69, 9.17) is 0 Å². The van der Waals surface area contributed by atoms with Crippen LogP contribution in [0.2, 0.25) is 0 Å². The van der Waals surface area contributed by atoms with E-state index in [1.807, 2.05) is 0 Å². The second kappa shape index (κ2) is 9.32. The monoisotopic (exact) mass is 363 g/mol. The highest BCUT2D eigenvalue weighted by Gasteiger charge is 2.17. The topological polar surface area (TPSA) is 71.1 Å².